The van der Waals surface area contributed by atoms with Gasteiger partial charge in [0.05, 0.1) is 6.10 Å². The molecule has 1 saturated carbocycles. The maximum absolute atomic E-state index is 13.2. The van der Waals surface area contributed by atoms with E-state index < -0.39 is 11.6 Å². The minimum atomic E-state index is -0.557. The van der Waals surface area contributed by atoms with E-state index in [0.29, 0.717) is 17.9 Å². The Labute approximate surface area is 119 Å². The maximum atomic E-state index is 13.2. The third-order valence-corrected chi connectivity index (χ3v) is 4.20. The van der Waals surface area contributed by atoms with Crippen molar-refractivity contribution in [1.29, 1.82) is 0 Å². The van der Waals surface area contributed by atoms with Crippen LogP contribution in [0.3, 0.4) is 0 Å². The van der Waals surface area contributed by atoms with Gasteiger partial charge >= 0.3 is 0 Å². The van der Waals surface area contributed by atoms with Crippen LogP contribution in [-0.4, -0.2) is 19.3 Å². The molecule has 0 aromatic heterocycles. The van der Waals surface area contributed by atoms with E-state index in [-0.39, 0.29) is 12.1 Å². The second kappa shape index (κ2) is 7.14. The van der Waals surface area contributed by atoms with Crippen LogP contribution in [0, 0.1) is 17.6 Å². The van der Waals surface area contributed by atoms with E-state index in [1.54, 1.807) is 7.11 Å². The van der Waals surface area contributed by atoms with Crippen molar-refractivity contribution in [3.8, 4) is 0 Å². The van der Waals surface area contributed by atoms with Gasteiger partial charge < -0.3 is 10.5 Å². The Morgan fingerprint density at radius 1 is 1.15 bits per heavy atom. The summed E-state index contributed by atoms with van der Waals surface area (Å²) in [5, 5.41) is 0. The predicted molar refractivity (Wildman–Crippen MR) is 75.4 cm³/mol. The van der Waals surface area contributed by atoms with Crippen molar-refractivity contribution < 1.29 is 13.5 Å². The zero-order valence-electron chi connectivity index (χ0n) is 11.9. The molecule has 2 atom stereocenters. The maximum Gasteiger partial charge on any atom is 0.126 e. The molecule has 0 saturated heterocycles. The van der Waals surface area contributed by atoms with Crippen LogP contribution in [0.25, 0.3) is 0 Å². The SMILES string of the molecule is COC(C(N)Cc1cc(F)cc(F)c1)C1CCCCC1. The van der Waals surface area contributed by atoms with Crippen molar-refractivity contribution in [2.75, 3.05) is 7.11 Å². The molecule has 2 unspecified atom stereocenters. The van der Waals surface area contributed by atoms with Crippen molar-refractivity contribution in [1.82, 2.24) is 0 Å². The standard InChI is InChI=1S/C16H23F2NO/c1-20-16(12-5-3-2-4-6-12)15(19)9-11-7-13(17)10-14(18)8-11/h7-8,10,12,15-16H,2-6,9,19H2,1H3. The number of nitrogens with two attached hydrogens (primary N) is 1. The molecule has 1 aliphatic rings. The van der Waals surface area contributed by atoms with Gasteiger partial charge in [0.25, 0.3) is 0 Å². The Kier molecular flexibility index (Phi) is 5.49. The van der Waals surface area contributed by atoms with Crippen LogP contribution in [-0.2, 0) is 11.2 Å². The molecule has 1 aromatic carbocycles. The fraction of sp³-hybridized carbons (Fsp3) is 0.625. The Balaban J connectivity index is 2.02. The van der Waals surface area contributed by atoms with E-state index in [4.69, 9.17) is 10.5 Å². The highest BCUT2D eigenvalue weighted by molar-refractivity contribution is 5.19. The summed E-state index contributed by atoms with van der Waals surface area (Å²) in [6, 6.07) is 3.33. The van der Waals surface area contributed by atoms with Gasteiger partial charge in [-0.25, -0.2) is 8.78 Å². The van der Waals surface area contributed by atoms with Gasteiger partial charge in [-0.3, -0.25) is 0 Å². The number of hydrogen-bond acceptors (Lipinski definition) is 2. The van der Waals surface area contributed by atoms with E-state index in [9.17, 15) is 8.78 Å². The first kappa shape index (κ1) is 15.4. The first-order chi connectivity index (χ1) is 9.60. The Bertz CT molecular complexity index is 412. The van der Waals surface area contributed by atoms with E-state index in [1.165, 1.54) is 31.4 Å². The van der Waals surface area contributed by atoms with E-state index in [1.807, 2.05) is 0 Å². The molecule has 2 rings (SSSR count). The fourth-order valence-electron chi connectivity index (χ4n) is 3.30. The molecule has 4 heteroatoms. The molecule has 2 nitrogen and oxygen atoms in total. The lowest BCUT2D eigenvalue weighted by molar-refractivity contribution is 0.0178. The fourth-order valence-corrected chi connectivity index (χ4v) is 3.30. The predicted octanol–water partition coefficient (Wildman–Crippen LogP) is 3.43. The van der Waals surface area contributed by atoms with Gasteiger partial charge in [0.15, 0.2) is 0 Å². The van der Waals surface area contributed by atoms with Gasteiger partial charge in [-0.15, -0.1) is 0 Å². The number of ether oxygens (including phenoxy) is 1. The molecule has 0 amide bonds. The average molecular weight is 283 g/mol. The zero-order chi connectivity index (χ0) is 14.5. The van der Waals surface area contributed by atoms with Crippen LogP contribution < -0.4 is 5.73 Å². The minimum absolute atomic E-state index is 0.0402. The molecule has 0 radical (unpaired) electrons. The summed E-state index contributed by atoms with van der Waals surface area (Å²) in [6.45, 7) is 0. The Morgan fingerprint density at radius 2 is 1.75 bits per heavy atom. The summed E-state index contributed by atoms with van der Waals surface area (Å²) in [5.41, 5.74) is 6.81. The second-order valence-corrected chi connectivity index (χ2v) is 5.74. The quantitative estimate of drug-likeness (QED) is 0.898. The van der Waals surface area contributed by atoms with Gasteiger partial charge in [-0.2, -0.15) is 0 Å². The van der Waals surface area contributed by atoms with Crippen molar-refractivity contribution in [3.63, 3.8) is 0 Å². The Morgan fingerprint density at radius 3 is 2.30 bits per heavy atom. The molecule has 1 aliphatic carbocycles. The lowest BCUT2D eigenvalue weighted by Crippen LogP contribution is -2.43. The lowest BCUT2D eigenvalue weighted by atomic mass is 9.81. The topological polar surface area (TPSA) is 35.2 Å². The highest BCUT2D eigenvalue weighted by Crippen LogP contribution is 2.29. The highest BCUT2D eigenvalue weighted by Gasteiger charge is 2.28. The molecule has 20 heavy (non-hydrogen) atoms. The molecule has 0 heterocycles. The monoisotopic (exact) mass is 283 g/mol. The van der Waals surface area contributed by atoms with Crippen molar-refractivity contribution >= 4 is 0 Å². The first-order valence-corrected chi connectivity index (χ1v) is 7.33. The zero-order valence-corrected chi connectivity index (χ0v) is 11.9. The third-order valence-electron chi connectivity index (χ3n) is 4.20. The highest BCUT2D eigenvalue weighted by atomic mass is 19.1. The smallest absolute Gasteiger partial charge is 0.126 e. The first-order valence-electron chi connectivity index (χ1n) is 7.33. The van der Waals surface area contributed by atoms with Gasteiger partial charge in [0.1, 0.15) is 11.6 Å². The third kappa shape index (κ3) is 4.00. The van der Waals surface area contributed by atoms with Crippen LogP contribution in [0.4, 0.5) is 8.78 Å². The summed E-state index contributed by atoms with van der Waals surface area (Å²) in [5.74, 6) is -0.653. The van der Waals surface area contributed by atoms with E-state index >= 15 is 0 Å². The molecule has 1 aromatic rings. The van der Waals surface area contributed by atoms with Crippen LogP contribution in [0.2, 0.25) is 0 Å². The van der Waals surface area contributed by atoms with Crippen LogP contribution in [0.5, 0.6) is 0 Å². The molecular weight excluding hydrogens is 260 g/mol. The van der Waals surface area contributed by atoms with Crippen molar-refractivity contribution in [3.05, 3.63) is 35.4 Å². The van der Waals surface area contributed by atoms with Gasteiger partial charge in [0, 0.05) is 19.2 Å². The summed E-state index contributed by atoms with van der Waals surface area (Å²) < 4.78 is 32.0. The lowest BCUT2D eigenvalue weighted by Gasteiger charge is -2.33. The summed E-state index contributed by atoms with van der Waals surface area (Å²) in [6.07, 6.45) is 6.35. The van der Waals surface area contributed by atoms with Gasteiger partial charge in [-0.1, -0.05) is 19.3 Å². The van der Waals surface area contributed by atoms with Crippen LogP contribution in [0.1, 0.15) is 37.7 Å². The van der Waals surface area contributed by atoms with Crippen molar-refractivity contribution in [2.45, 2.75) is 50.7 Å². The largest absolute Gasteiger partial charge is 0.380 e. The van der Waals surface area contributed by atoms with E-state index in [2.05, 4.69) is 0 Å². The number of methoxy groups -OCH3 is 1. The molecule has 0 aliphatic heterocycles. The molecular formula is C16H23F2NO. The average Bonchev–Trinajstić information content (AvgIpc) is 2.39. The molecule has 0 spiro atoms. The van der Waals surface area contributed by atoms with E-state index in [0.717, 1.165) is 18.9 Å². The number of rotatable bonds is 5. The van der Waals surface area contributed by atoms with Crippen LogP contribution in [0.15, 0.2) is 18.2 Å². The number of halogens is 2. The number of benzene rings is 1. The molecule has 0 bridgehead atoms. The minimum Gasteiger partial charge on any atom is -0.380 e. The van der Waals surface area contributed by atoms with Crippen LogP contribution >= 0.6 is 0 Å². The van der Waals surface area contributed by atoms with Gasteiger partial charge in [-0.05, 0) is 42.9 Å². The number of hydrogen-bond donors (Lipinski definition) is 1. The van der Waals surface area contributed by atoms with Crippen molar-refractivity contribution in [2.24, 2.45) is 11.7 Å². The molecule has 2 N–H and O–H groups in total. The molecule has 112 valence electrons. The Hall–Kier alpha value is -1.00. The normalized spacial score (nSPS) is 19.8. The van der Waals surface area contributed by atoms with Gasteiger partial charge in [0.2, 0.25) is 0 Å². The summed E-state index contributed by atoms with van der Waals surface area (Å²) in [4.78, 5) is 0. The summed E-state index contributed by atoms with van der Waals surface area (Å²) >= 11 is 0. The summed E-state index contributed by atoms with van der Waals surface area (Å²) in [7, 11) is 1.67. The second-order valence-electron chi connectivity index (χ2n) is 5.74. The molecule has 1 fully saturated rings.